The largest absolute Gasteiger partial charge is 0.462 e. The average Bonchev–Trinajstić information content (AvgIpc) is 3.20. The van der Waals surface area contributed by atoms with Crippen LogP contribution in [0.1, 0.15) is 46.2 Å². The van der Waals surface area contributed by atoms with Crippen LogP contribution in [0.2, 0.25) is 5.02 Å². The van der Waals surface area contributed by atoms with Gasteiger partial charge in [0, 0.05) is 10.6 Å². The fourth-order valence-electron chi connectivity index (χ4n) is 4.22. The monoisotopic (exact) mass is 498 g/mol. The minimum Gasteiger partial charge on any atom is -0.462 e. The van der Waals surface area contributed by atoms with Crippen LogP contribution in [0.25, 0.3) is 22.2 Å². The maximum absolute atomic E-state index is 13.3. The first kappa shape index (κ1) is 23.5. The van der Waals surface area contributed by atoms with Crippen LogP contribution in [0.4, 0.5) is 5.82 Å². The number of nitrogens with one attached hydrogen (secondary N) is 1. The minimum atomic E-state index is -0.586. The SMILES string of the molecule is CCOC(=O)c1c(NC(=O)c2ccc(Cl)cc2)n(C(C)c2ccccc2)c2nc3ccccc3nc12. The third kappa shape index (κ3) is 4.29. The van der Waals surface area contributed by atoms with Crippen LogP contribution >= 0.6 is 11.6 Å². The lowest BCUT2D eigenvalue weighted by Gasteiger charge is -2.19. The van der Waals surface area contributed by atoms with Crippen molar-refractivity contribution in [2.75, 3.05) is 11.9 Å². The molecule has 0 radical (unpaired) electrons. The molecule has 1 N–H and O–H groups in total. The molecule has 1 atom stereocenters. The number of carbonyl (C=O) groups is 2. The molecule has 0 aliphatic carbocycles. The van der Waals surface area contributed by atoms with Crippen LogP contribution in [0.15, 0.2) is 78.9 Å². The van der Waals surface area contributed by atoms with E-state index in [-0.39, 0.29) is 24.0 Å². The number of esters is 1. The summed E-state index contributed by atoms with van der Waals surface area (Å²) in [6, 6.07) is 23.5. The zero-order valence-corrected chi connectivity index (χ0v) is 20.5. The number of carbonyl (C=O) groups excluding carboxylic acids is 2. The van der Waals surface area contributed by atoms with E-state index in [2.05, 4.69) is 5.32 Å². The first-order chi connectivity index (χ1) is 17.5. The van der Waals surface area contributed by atoms with Gasteiger partial charge < -0.3 is 14.6 Å². The number of nitrogens with zero attached hydrogens (tertiary/aromatic N) is 3. The number of para-hydroxylation sites is 2. The number of aromatic nitrogens is 3. The van der Waals surface area contributed by atoms with Crippen molar-refractivity contribution in [2.45, 2.75) is 19.9 Å². The van der Waals surface area contributed by atoms with Gasteiger partial charge >= 0.3 is 5.97 Å². The third-order valence-electron chi connectivity index (χ3n) is 5.98. The van der Waals surface area contributed by atoms with Gasteiger partial charge in [-0.15, -0.1) is 0 Å². The third-order valence-corrected chi connectivity index (χ3v) is 6.23. The summed E-state index contributed by atoms with van der Waals surface area (Å²) >= 11 is 6.00. The van der Waals surface area contributed by atoms with Crippen LogP contribution in [-0.4, -0.2) is 33.0 Å². The Bertz CT molecular complexity index is 1580. The highest BCUT2D eigenvalue weighted by atomic mass is 35.5. The predicted molar refractivity (Wildman–Crippen MR) is 141 cm³/mol. The predicted octanol–water partition coefficient (Wildman–Crippen LogP) is 6.28. The lowest BCUT2D eigenvalue weighted by atomic mass is 10.1. The highest BCUT2D eigenvalue weighted by Crippen LogP contribution is 2.36. The smallest absolute Gasteiger partial charge is 0.344 e. The molecule has 5 rings (SSSR count). The molecule has 36 heavy (non-hydrogen) atoms. The first-order valence-corrected chi connectivity index (χ1v) is 12.0. The lowest BCUT2D eigenvalue weighted by molar-refractivity contribution is 0.0529. The maximum Gasteiger partial charge on any atom is 0.344 e. The molecule has 180 valence electrons. The van der Waals surface area contributed by atoms with Crippen molar-refractivity contribution in [2.24, 2.45) is 0 Å². The molecule has 3 aromatic carbocycles. The highest BCUT2D eigenvalue weighted by Gasteiger charge is 2.30. The standard InChI is InChI=1S/C28H23ClN4O3/c1-3-36-28(35)23-24-26(31-22-12-8-7-11-21(22)30-24)33(17(2)18-9-5-4-6-10-18)25(23)32-27(34)19-13-15-20(29)16-14-19/h4-17H,3H2,1-2H3,(H,32,34). The zero-order chi connectivity index (χ0) is 25.2. The Kier molecular flexibility index (Phi) is 6.40. The maximum atomic E-state index is 13.3. The van der Waals surface area contributed by atoms with Gasteiger partial charge in [-0.25, -0.2) is 14.8 Å². The molecule has 0 fully saturated rings. The number of ether oxygens (including phenoxy) is 1. The summed E-state index contributed by atoms with van der Waals surface area (Å²) in [5.41, 5.74) is 3.67. The van der Waals surface area contributed by atoms with E-state index < -0.39 is 11.9 Å². The molecule has 2 heterocycles. The number of hydrogen-bond acceptors (Lipinski definition) is 5. The van der Waals surface area contributed by atoms with E-state index in [0.29, 0.717) is 32.8 Å². The number of halogens is 1. The Hall–Kier alpha value is -4.23. The molecule has 0 aliphatic heterocycles. The summed E-state index contributed by atoms with van der Waals surface area (Å²) in [6.07, 6.45) is 0. The minimum absolute atomic E-state index is 0.162. The van der Waals surface area contributed by atoms with Crippen LogP contribution in [-0.2, 0) is 4.74 Å². The van der Waals surface area contributed by atoms with E-state index in [1.807, 2.05) is 66.1 Å². The fraction of sp³-hybridized carbons (Fsp3) is 0.143. The number of anilines is 1. The molecular formula is C28H23ClN4O3. The van der Waals surface area contributed by atoms with Crippen LogP contribution in [0.3, 0.4) is 0 Å². The molecule has 5 aromatic rings. The Morgan fingerprint density at radius 1 is 0.944 bits per heavy atom. The van der Waals surface area contributed by atoms with E-state index in [9.17, 15) is 9.59 Å². The van der Waals surface area contributed by atoms with Gasteiger partial charge in [-0.3, -0.25) is 4.79 Å². The van der Waals surface area contributed by atoms with Crippen molar-refractivity contribution < 1.29 is 14.3 Å². The Balaban J connectivity index is 1.79. The van der Waals surface area contributed by atoms with Crippen molar-refractivity contribution in [3.05, 3.63) is 101 Å². The van der Waals surface area contributed by atoms with Gasteiger partial charge in [-0.1, -0.05) is 54.1 Å². The second-order valence-corrected chi connectivity index (χ2v) is 8.68. The van der Waals surface area contributed by atoms with Crippen molar-refractivity contribution in [1.82, 2.24) is 14.5 Å². The molecule has 8 heteroatoms. The Morgan fingerprint density at radius 2 is 1.58 bits per heavy atom. The van der Waals surface area contributed by atoms with E-state index in [0.717, 1.165) is 5.56 Å². The van der Waals surface area contributed by atoms with E-state index >= 15 is 0 Å². The number of fused-ring (bicyclic) bond motifs is 2. The van der Waals surface area contributed by atoms with Gasteiger partial charge in [-0.2, -0.15) is 0 Å². The summed E-state index contributed by atoms with van der Waals surface area (Å²) < 4.78 is 7.24. The molecule has 1 amide bonds. The van der Waals surface area contributed by atoms with Gasteiger partial charge in [0.2, 0.25) is 0 Å². The zero-order valence-electron chi connectivity index (χ0n) is 19.7. The molecule has 0 bridgehead atoms. The molecule has 7 nitrogen and oxygen atoms in total. The number of hydrogen-bond donors (Lipinski definition) is 1. The van der Waals surface area contributed by atoms with Gasteiger partial charge in [0.25, 0.3) is 5.91 Å². The van der Waals surface area contributed by atoms with E-state index in [1.165, 1.54) is 0 Å². The van der Waals surface area contributed by atoms with Gasteiger partial charge in [-0.05, 0) is 55.8 Å². The van der Waals surface area contributed by atoms with E-state index in [4.69, 9.17) is 26.3 Å². The van der Waals surface area contributed by atoms with Crippen LogP contribution in [0, 0.1) is 0 Å². The second-order valence-electron chi connectivity index (χ2n) is 8.25. The van der Waals surface area contributed by atoms with Crippen molar-refractivity contribution in [3.63, 3.8) is 0 Å². The summed E-state index contributed by atoms with van der Waals surface area (Å²) in [5, 5.41) is 3.47. The molecule has 0 saturated carbocycles. The molecule has 2 aromatic heterocycles. The first-order valence-electron chi connectivity index (χ1n) is 11.6. The molecular weight excluding hydrogens is 476 g/mol. The molecule has 0 aliphatic rings. The topological polar surface area (TPSA) is 86.1 Å². The van der Waals surface area contributed by atoms with Crippen molar-refractivity contribution in [3.8, 4) is 0 Å². The normalized spacial score (nSPS) is 12.0. The van der Waals surface area contributed by atoms with Gasteiger partial charge in [0.15, 0.2) is 5.65 Å². The second kappa shape index (κ2) is 9.79. The lowest BCUT2D eigenvalue weighted by Crippen LogP contribution is -2.20. The fourth-order valence-corrected chi connectivity index (χ4v) is 4.35. The van der Waals surface area contributed by atoms with Crippen molar-refractivity contribution in [1.29, 1.82) is 0 Å². The summed E-state index contributed by atoms with van der Waals surface area (Å²) in [4.78, 5) is 36.2. The van der Waals surface area contributed by atoms with Crippen LogP contribution < -0.4 is 5.32 Å². The van der Waals surface area contributed by atoms with Crippen LogP contribution in [0.5, 0.6) is 0 Å². The average molecular weight is 499 g/mol. The number of rotatable bonds is 6. The molecule has 0 saturated heterocycles. The summed E-state index contributed by atoms with van der Waals surface area (Å²) in [7, 11) is 0. The quantitative estimate of drug-likeness (QED) is 0.278. The summed E-state index contributed by atoms with van der Waals surface area (Å²) in [5.74, 6) is -0.710. The Labute approximate surface area is 212 Å². The van der Waals surface area contributed by atoms with Gasteiger partial charge in [0.1, 0.15) is 16.9 Å². The summed E-state index contributed by atoms with van der Waals surface area (Å²) in [6.45, 7) is 3.89. The molecule has 0 spiro atoms. The Morgan fingerprint density at radius 3 is 2.25 bits per heavy atom. The molecule has 1 unspecified atom stereocenters. The number of amides is 1. The van der Waals surface area contributed by atoms with Crippen molar-refractivity contribution >= 4 is 51.5 Å². The van der Waals surface area contributed by atoms with Gasteiger partial charge in [0.05, 0.1) is 23.7 Å². The van der Waals surface area contributed by atoms with E-state index in [1.54, 1.807) is 31.2 Å². The number of benzene rings is 3. The highest BCUT2D eigenvalue weighted by molar-refractivity contribution is 6.30.